The van der Waals surface area contributed by atoms with Gasteiger partial charge in [0.05, 0.1) is 28.4 Å². The van der Waals surface area contributed by atoms with Crippen LogP contribution in [0.25, 0.3) is 0 Å². The van der Waals surface area contributed by atoms with Gasteiger partial charge in [0.15, 0.2) is 4.33 Å². The van der Waals surface area contributed by atoms with E-state index >= 15 is 0 Å². The Bertz CT molecular complexity index is 776. The number of ether oxygens (including phenoxy) is 1. The van der Waals surface area contributed by atoms with Gasteiger partial charge in [-0.1, -0.05) is 46.4 Å². The first kappa shape index (κ1) is 21.3. The lowest BCUT2D eigenvalue weighted by Gasteiger charge is -2.42. The Hall–Kier alpha value is 0.0900. The second-order valence-electron chi connectivity index (χ2n) is 7.69. The predicted octanol–water partition coefficient (Wildman–Crippen LogP) is 4.02. The Balaban J connectivity index is 1.64. The van der Waals surface area contributed by atoms with Crippen molar-refractivity contribution >= 4 is 87.4 Å². The second-order valence-corrected chi connectivity index (χ2v) is 11.0. The van der Waals surface area contributed by atoms with Gasteiger partial charge in [-0.2, -0.15) is 0 Å². The summed E-state index contributed by atoms with van der Waals surface area (Å²) in [6, 6.07) is 0. The fourth-order valence-corrected chi connectivity index (χ4v) is 8.40. The summed E-state index contributed by atoms with van der Waals surface area (Å²) in [6.07, 6.45) is 0.535. The van der Waals surface area contributed by atoms with E-state index in [0.717, 1.165) is 4.90 Å². The van der Waals surface area contributed by atoms with Crippen LogP contribution >= 0.6 is 69.6 Å². The molecule has 154 valence electrons. The highest BCUT2D eigenvalue weighted by molar-refractivity contribution is 6.65. The molecule has 1 saturated heterocycles. The molecular formula is C17H15Cl6NO4. The number of halogens is 6. The number of amides is 2. The molecule has 3 fully saturated rings. The Morgan fingerprint density at radius 2 is 1.43 bits per heavy atom. The molecule has 1 heterocycles. The summed E-state index contributed by atoms with van der Waals surface area (Å²) < 4.78 is 3.18. The first-order valence-corrected chi connectivity index (χ1v) is 11.0. The molecule has 5 nitrogen and oxygen atoms in total. The second kappa shape index (κ2) is 6.54. The summed E-state index contributed by atoms with van der Waals surface area (Å²) in [7, 11) is 0. The molecule has 0 aromatic heterocycles. The van der Waals surface area contributed by atoms with Gasteiger partial charge in [0, 0.05) is 6.92 Å². The molecule has 6 atom stereocenters. The van der Waals surface area contributed by atoms with Crippen molar-refractivity contribution in [2.45, 2.75) is 33.8 Å². The number of hydrogen-bond donors (Lipinski definition) is 0. The minimum absolute atomic E-state index is 0.00628. The van der Waals surface area contributed by atoms with E-state index in [-0.39, 0.29) is 47.9 Å². The van der Waals surface area contributed by atoms with Crippen LogP contribution in [-0.2, 0) is 19.1 Å². The molecule has 0 aromatic carbocycles. The molecule has 2 amide bonds. The van der Waals surface area contributed by atoms with Gasteiger partial charge in [-0.15, -0.1) is 23.2 Å². The molecule has 1 aliphatic heterocycles. The summed E-state index contributed by atoms with van der Waals surface area (Å²) in [6.45, 7) is 1.21. The van der Waals surface area contributed by atoms with Crippen LogP contribution in [0.15, 0.2) is 10.1 Å². The monoisotopic (exact) mass is 507 g/mol. The number of nitrogens with zero attached hydrogens (tertiary/aromatic N) is 1. The van der Waals surface area contributed by atoms with Crippen molar-refractivity contribution in [2.75, 3.05) is 13.2 Å². The van der Waals surface area contributed by atoms with E-state index in [1.807, 2.05) is 0 Å². The zero-order valence-corrected chi connectivity index (χ0v) is 19.0. The Morgan fingerprint density at radius 3 is 1.82 bits per heavy atom. The maximum Gasteiger partial charge on any atom is 0.302 e. The van der Waals surface area contributed by atoms with Gasteiger partial charge in [0.1, 0.15) is 16.4 Å². The molecule has 4 aliphatic rings. The third kappa shape index (κ3) is 2.32. The average Bonchev–Trinajstić information content (AvgIpc) is 2.98. The smallest absolute Gasteiger partial charge is 0.302 e. The highest BCUT2D eigenvalue weighted by atomic mass is 35.5. The van der Waals surface area contributed by atoms with Crippen molar-refractivity contribution in [1.82, 2.24) is 4.90 Å². The number of likely N-dealkylation sites (tertiary alicyclic amines) is 1. The minimum atomic E-state index is -1.67. The highest BCUT2D eigenvalue weighted by Crippen LogP contribution is 2.79. The fourth-order valence-electron chi connectivity index (χ4n) is 5.29. The number of fused-ring (bicyclic) bond motifs is 6. The van der Waals surface area contributed by atoms with Crippen LogP contribution in [0.1, 0.15) is 19.8 Å². The van der Waals surface area contributed by atoms with Crippen molar-refractivity contribution in [2.24, 2.45) is 23.7 Å². The lowest BCUT2D eigenvalue weighted by atomic mass is 9.65. The van der Waals surface area contributed by atoms with E-state index in [4.69, 9.17) is 74.3 Å². The quantitative estimate of drug-likeness (QED) is 0.327. The van der Waals surface area contributed by atoms with Crippen LogP contribution in [0.2, 0.25) is 0 Å². The van der Waals surface area contributed by atoms with Crippen LogP contribution in [-0.4, -0.2) is 49.9 Å². The largest absolute Gasteiger partial charge is 0.464 e. The van der Waals surface area contributed by atoms with E-state index in [1.165, 1.54) is 6.92 Å². The maximum absolute atomic E-state index is 12.9. The van der Waals surface area contributed by atoms with Crippen LogP contribution in [0.5, 0.6) is 0 Å². The van der Waals surface area contributed by atoms with Crippen molar-refractivity contribution in [3.63, 3.8) is 0 Å². The fraction of sp³-hybridized carbons (Fsp3) is 0.706. The maximum atomic E-state index is 12.9. The molecule has 11 heteroatoms. The lowest BCUT2D eigenvalue weighted by molar-refractivity contribution is -0.147. The Kier molecular flexibility index (Phi) is 4.98. The number of allylic oxidation sites excluding steroid dienone is 2. The third-order valence-electron chi connectivity index (χ3n) is 6.54. The van der Waals surface area contributed by atoms with Gasteiger partial charge in [0.25, 0.3) is 0 Å². The molecule has 0 N–H and O–H groups in total. The zero-order valence-electron chi connectivity index (χ0n) is 14.5. The SMILES string of the molecule is CC(=O)OCCN1C(=O)[C@H]2C[C@H]3[C@@H](C[C@H]2C1=O)[C@@]1(Cl)C(Cl)=C(Cl)[C@]3(Cl)C1(Cl)Cl. The summed E-state index contributed by atoms with van der Waals surface area (Å²) >= 11 is 39.6. The van der Waals surface area contributed by atoms with E-state index in [9.17, 15) is 14.4 Å². The van der Waals surface area contributed by atoms with Gasteiger partial charge >= 0.3 is 5.97 Å². The molecule has 0 spiro atoms. The summed E-state index contributed by atoms with van der Waals surface area (Å²) in [5.74, 6) is -3.11. The van der Waals surface area contributed by atoms with Crippen LogP contribution < -0.4 is 0 Å². The number of esters is 1. The van der Waals surface area contributed by atoms with E-state index < -0.39 is 43.7 Å². The molecule has 0 unspecified atom stereocenters. The summed E-state index contributed by atoms with van der Waals surface area (Å²) in [5, 5.41) is 0.193. The molecule has 2 saturated carbocycles. The zero-order chi connectivity index (χ0) is 20.8. The number of hydrogen-bond acceptors (Lipinski definition) is 4. The molecular weight excluding hydrogens is 495 g/mol. The Morgan fingerprint density at radius 1 is 1.00 bits per heavy atom. The summed E-state index contributed by atoms with van der Waals surface area (Å²) in [4.78, 5) is 34.9. The van der Waals surface area contributed by atoms with Crippen molar-refractivity contribution < 1.29 is 19.1 Å². The van der Waals surface area contributed by atoms with Gasteiger partial charge in [-0.25, -0.2) is 0 Å². The predicted molar refractivity (Wildman–Crippen MR) is 107 cm³/mol. The molecule has 28 heavy (non-hydrogen) atoms. The first-order chi connectivity index (χ1) is 12.9. The molecule has 2 bridgehead atoms. The summed E-state index contributed by atoms with van der Waals surface area (Å²) in [5.41, 5.74) is 0. The van der Waals surface area contributed by atoms with Crippen molar-refractivity contribution in [3.8, 4) is 0 Å². The average molecular weight is 510 g/mol. The topological polar surface area (TPSA) is 63.7 Å². The Labute approximate surface area is 191 Å². The van der Waals surface area contributed by atoms with Gasteiger partial charge in [-0.05, 0) is 24.7 Å². The van der Waals surface area contributed by atoms with E-state index in [1.54, 1.807) is 0 Å². The van der Waals surface area contributed by atoms with Crippen molar-refractivity contribution in [1.29, 1.82) is 0 Å². The number of imide groups is 1. The van der Waals surface area contributed by atoms with E-state index in [0.29, 0.717) is 0 Å². The van der Waals surface area contributed by atoms with Crippen LogP contribution in [0, 0.1) is 23.7 Å². The molecule has 3 aliphatic carbocycles. The third-order valence-corrected chi connectivity index (χ3v) is 10.9. The minimum Gasteiger partial charge on any atom is -0.464 e. The standard InChI is InChI=1S/C17H15Cl6NO4/c1-6(25)28-3-2-24-13(26)7-4-9-10(5-8(7)14(24)27)16(21)12(19)11(18)15(9,20)17(16,22)23/h7-10H,2-5H2,1H3/t7-,8+,9-,10+,15-,16+. The number of rotatable bonds is 3. The number of carbonyl (C=O) groups is 3. The van der Waals surface area contributed by atoms with Gasteiger partial charge < -0.3 is 4.74 Å². The number of alkyl halides is 4. The van der Waals surface area contributed by atoms with Crippen LogP contribution in [0.3, 0.4) is 0 Å². The van der Waals surface area contributed by atoms with Crippen molar-refractivity contribution in [3.05, 3.63) is 10.1 Å². The molecule has 4 rings (SSSR count). The van der Waals surface area contributed by atoms with Gasteiger partial charge in [0.2, 0.25) is 11.8 Å². The number of carbonyl (C=O) groups excluding carboxylic acids is 3. The van der Waals surface area contributed by atoms with Gasteiger partial charge in [-0.3, -0.25) is 19.3 Å². The first-order valence-electron chi connectivity index (χ1n) is 8.71. The normalized spacial score (nSPS) is 43.5. The molecule has 0 radical (unpaired) electrons. The lowest BCUT2D eigenvalue weighted by Crippen LogP contribution is -2.44. The highest BCUT2D eigenvalue weighted by Gasteiger charge is 2.83. The van der Waals surface area contributed by atoms with Crippen LogP contribution in [0.4, 0.5) is 0 Å². The van der Waals surface area contributed by atoms with E-state index in [2.05, 4.69) is 0 Å². The molecule has 0 aromatic rings.